The molecule has 2 aromatic carbocycles. The van der Waals surface area contributed by atoms with Gasteiger partial charge in [-0.1, -0.05) is 46.8 Å². The minimum atomic E-state index is -0.471. The molecule has 1 aliphatic carbocycles. The number of anilines is 7. The first-order valence-corrected chi connectivity index (χ1v) is 19.4. The number of hydrogen-bond donors (Lipinski definition) is 5. The van der Waals surface area contributed by atoms with E-state index in [1.165, 1.54) is 12.7 Å². The van der Waals surface area contributed by atoms with E-state index in [2.05, 4.69) is 75.8 Å². The van der Waals surface area contributed by atoms with Crippen LogP contribution in [-0.2, 0) is 6.42 Å². The van der Waals surface area contributed by atoms with Gasteiger partial charge in [0.05, 0.1) is 4.92 Å². The molecule has 2 aromatic heterocycles. The lowest BCUT2D eigenvalue weighted by atomic mass is 9.77. The van der Waals surface area contributed by atoms with Crippen LogP contribution in [0.3, 0.4) is 0 Å². The van der Waals surface area contributed by atoms with Gasteiger partial charge in [0.2, 0.25) is 11.6 Å². The monoisotopic (exact) mass is 794 g/mol. The number of aryl methyl sites for hydroxylation is 2. The lowest BCUT2D eigenvalue weighted by molar-refractivity contribution is -0.383. The molecule has 0 atom stereocenters. The molecule has 2 heterocycles. The summed E-state index contributed by atoms with van der Waals surface area (Å²) in [7, 11) is 6.93. The molecule has 0 bridgehead atoms. The van der Waals surface area contributed by atoms with Gasteiger partial charge in [-0.15, -0.1) is 0 Å². The Labute approximate surface area is 341 Å². The number of nitro groups is 1. The van der Waals surface area contributed by atoms with Gasteiger partial charge in [0.25, 0.3) is 11.8 Å². The Morgan fingerprint density at radius 1 is 0.828 bits per heavy atom. The van der Waals surface area contributed by atoms with Crippen molar-refractivity contribution in [1.29, 1.82) is 0 Å². The molecule has 58 heavy (non-hydrogen) atoms. The van der Waals surface area contributed by atoms with Gasteiger partial charge in [0, 0.05) is 63.8 Å². The number of nitrogens with one attached hydrogen (secondary N) is 4. The standard InChI is InChI=1S/C42H58N12O4/c1-25-12-13-27(38(55)44-8)17-30(25)50-34-32(43)36(48-23-46-34)53(11)22-41(6,7)20-42(14-15-42)19-28-16-26(2)31(18-29(28)39(56)45-9)51-35-33(54(57)58)37(49-24-47-35)52(10)21-40(3,4)5/h12-13,16-18,23-24H,14-15,19-22,43H2,1-11H3,(H,44,55)(H,45,56)(H,46,48,50)(H,47,49,51). The Morgan fingerprint density at radius 3 is 2.02 bits per heavy atom. The zero-order valence-electron chi connectivity index (χ0n) is 35.6. The number of rotatable bonds is 16. The van der Waals surface area contributed by atoms with Crippen LogP contribution in [0.25, 0.3) is 0 Å². The minimum Gasteiger partial charge on any atom is -0.393 e. The molecule has 0 saturated heterocycles. The molecule has 0 radical (unpaired) electrons. The van der Waals surface area contributed by atoms with Crippen LogP contribution in [0.4, 0.5) is 46.0 Å². The van der Waals surface area contributed by atoms with Crippen LogP contribution < -0.4 is 36.8 Å². The molecule has 0 aliphatic heterocycles. The van der Waals surface area contributed by atoms with Gasteiger partial charge in [0.15, 0.2) is 11.6 Å². The van der Waals surface area contributed by atoms with Crippen molar-refractivity contribution in [1.82, 2.24) is 30.6 Å². The maximum Gasteiger partial charge on any atom is 0.353 e. The Hall–Kier alpha value is -6.06. The number of hydrogen-bond acceptors (Lipinski definition) is 13. The van der Waals surface area contributed by atoms with Crippen LogP contribution in [0.5, 0.6) is 0 Å². The van der Waals surface area contributed by atoms with Crippen LogP contribution >= 0.6 is 0 Å². The fourth-order valence-electron chi connectivity index (χ4n) is 7.96. The molecule has 6 N–H and O–H groups in total. The quantitative estimate of drug-likeness (QED) is 0.0576. The Morgan fingerprint density at radius 2 is 1.41 bits per heavy atom. The number of amides is 2. The molecule has 5 rings (SSSR count). The summed E-state index contributed by atoms with van der Waals surface area (Å²) in [6.07, 6.45) is 6.40. The normalized spacial score (nSPS) is 13.4. The van der Waals surface area contributed by atoms with E-state index in [9.17, 15) is 19.7 Å². The summed E-state index contributed by atoms with van der Waals surface area (Å²) in [5, 5.41) is 24.3. The molecule has 1 aliphatic rings. The number of nitrogens with two attached hydrogens (primary N) is 1. The predicted molar refractivity (Wildman–Crippen MR) is 231 cm³/mol. The first kappa shape index (κ1) is 43.1. The Balaban J connectivity index is 1.35. The molecule has 0 unspecified atom stereocenters. The largest absolute Gasteiger partial charge is 0.393 e. The van der Waals surface area contributed by atoms with Crippen LogP contribution in [0.1, 0.15) is 91.3 Å². The Bertz CT molecular complexity index is 2200. The smallest absolute Gasteiger partial charge is 0.353 e. The first-order chi connectivity index (χ1) is 27.2. The molecule has 2 amide bonds. The number of carbonyl (C=O) groups is 2. The highest BCUT2D eigenvalue weighted by atomic mass is 16.6. The topological polar surface area (TPSA) is 209 Å². The van der Waals surface area contributed by atoms with Crippen molar-refractivity contribution >= 4 is 57.8 Å². The van der Waals surface area contributed by atoms with Crippen LogP contribution in [0.2, 0.25) is 0 Å². The fourth-order valence-corrected chi connectivity index (χ4v) is 7.96. The zero-order valence-corrected chi connectivity index (χ0v) is 35.6. The summed E-state index contributed by atoms with van der Waals surface area (Å²) in [5.74, 6) is 0.869. The second kappa shape index (κ2) is 16.8. The van der Waals surface area contributed by atoms with E-state index in [-0.39, 0.29) is 45.4 Å². The SMILES string of the molecule is CNC(=O)c1ccc(C)c(Nc2ncnc(N(C)CC(C)(C)CC3(Cc4cc(C)c(Nc5ncnc(N(C)CC(C)(C)C)c5[N+](=O)[O-])cc4C(=O)NC)CC3)c2N)c1. The summed E-state index contributed by atoms with van der Waals surface area (Å²) >= 11 is 0. The van der Waals surface area contributed by atoms with E-state index in [0.717, 1.165) is 41.6 Å². The summed E-state index contributed by atoms with van der Waals surface area (Å²) in [5.41, 5.74) is 11.5. The van der Waals surface area contributed by atoms with Crippen molar-refractivity contribution in [3.8, 4) is 0 Å². The van der Waals surface area contributed by atoms with E-state index in [1.54, 1.807) is 44.2 Å². The van der Waals surface area contributed by atoms with Gasteiger partial charge in [0.1, 0.15) is 18.3 Å². The zero-order chi connectivity index (χ0) is 42.7. The second-order valence-electron chi connectivity index (χ2n) is 17.7. The number of nitrogen functional groups attached to an aromatic ring is 1. The van der Waals surface area contributed by atoms with Crippen molar-refractivity contribution < 1.29 is 14.5 Å². The van der Waals surface area contributed by atoms with Gasteiger partial charge < -0.3 is 36.8 Å². The molecule has 0 spiro atoms. The van der Waals surface area contributed by atoms with Gasteiger partial charge in [-0.25, -0.2) is 19.9 Å². The summed E-state index contributed by atoms with van der Waals surface area (Å²) in [4.78, 5) is 58.9. The Kier molecular flexibility index (Phi) is 12.5. The number of benzene rings is 2. The third kappa shape index (κ3) is 10.1. The lowest BCUT2D eigenvalue weighted by Gasteiger charge is -2.35. The molecular formula is C42H58N12O4. The lowest BCUT2D eigenvalue weighted by Crippen LogP contribution is -2.35. The van der Waals surface area contributed by atoms with Gasteiger partial charge in [-0.3, -0.25) is 19.7 Å². The molecule has 16 heteroatoms. The van der Waals surface area contributed by atoms with Crippen LogP contribution in [-0.4, -0.2) is 78.0 Å². The van der Waals surface area contributed by atoms with Crippen molar-refractivity contribution in [2.24, 2.45) is 16.2 Å². The van der Waals surface area contributed by atoms with E-state index in [1.807, 2.05) is 37.9 Å². The van der Waals surface area contributed by atoms with Gasteiger partial charge in [-0.2, -0.15) is 0 Å². The molecule has 4 aromatic rings. The molecule has 1 fully saturated rings. The maximum absolute atomic E-state index is 13.4. The van der Waals surface area contributed by atoms with E-state index in [0.29, 0.717) is 53.6 Å². The third-order valence-electron chi connectivity index (χ3n) is 10.5. The van der Waals surface area contributed by atoms with Gasteiger partial charge in [-0.05, 0) is 90.7 Å². The average Bonchev–Trinajstić information content (AvgIpc) is 3.89. The fraction of sp³-hybridized carbons (Fsp3) is 0.476. The third-order valence-corrected chi connectivity index (χ3v) is 10.5. The van der Waals surface area contributed by atoms with Crippen molar-refractivity contribution in [2.75, 3.05) is 67.4 Å². The van der Waals surface area contributed by atoms with Crippen LogP contribution in [0.15, 0.2) is 43.0 Å². The summed E-state index contributed by atoms with van der Waals surface area (Å²) < 4.78 is 0. The minimum absolute atomic E-state index is 0.0241. The first-order valence-electron chi connectivity index (χ1n) is 19.4. The van der Waals surface area contributed by atoms with E-state index < -0.39 is 4.92 Å². The predicted octanol–water partition coefficient (Wildman–Crippen LogP) is 6.94. The van der Waals surface area contributed by atoms with E-state index >= 15 is 0 Å². The summed E-state index contributed by atoms with van der Waals surface area (Å²) in [6, 6.07) is 9.18. The van der Waals surface area contributed by atoms with Crippen LogP contribution in [0, 0.1) is 40.2 Å². The molecule has 1 saturated carbocycles. The van der Waals surface area contributed by atoms with Crippen molar-refractivity contribution in [3.05, 3.63) is 80.9 Å². The number of aromatic nitrogens is 4. The van der Waals surface area contributed by atoms with Crippen molar-refractivity contribution in [2.45, 2.75) is 74.1 Å². The summed E-state index contributed by atoms with van der Waals surface area (Å²) in [6.45, 7) is 15.7. The van der Waals surface area contributed by atoms with Crippen molar-refractivity contribution in [3.63, 3.8) is 0 Å². The highest BCUT2D eigenvalue weighted by molar-refractivity contribution is 5.97. The van der Waals surface area contributed by atoms with Gasteiger partial charge >= 0.3 is 5.69 Å². The maximum atomic E-state index is 13.4. The second-order valence-corrected chi connectivity index (χ2v) is 17.7. The molecule has 16 nitrogen and oxygen atoms in total. The highest BCUT2D eigenvalue weighted by Crippen LogP contribution is 2.56. The highest BCUT2D eigenvalue weighted by Gasteiger charge is 2.47. The number of carbonyl (C=O) groups excluding carboxylic acids is 2. The van der Waals surface area contributed by atoms with E-state index in [4.69, 9.17) is 5.73 Å². The average molecular weight is 795 g/mol. The number of nitrogens with zero attached hydrogens (tertiary/aromatic N) is 7. The molecule has 310 valence electrons. The molecular weight excluding hydrogens is 737 g/mol.